The van der Waals surface area contributed by atoms with Gasteiger partial charge in [0.15, 0.2) is 0 Å². The molecule has 22 heavy (non-hydrogen) atoms. The third kappa shape index (κ3) is 1.91. The van der Waals surface area contributed by atoms with E-state index in [1.54, 1.807) is 0 Å². The Balaban J connectivity index is 1.65. The molecule has 0 aromatic heterocycles. The van der Waals surface area contributed by atoms with Gasteiger partial charge in [0.05, 0.1) is 12.2 Å². The van der Waals surface area contributed by atoms with Crippen molar-refractivity contribution in [3.05, 3.63) is 0 Å². The minimum Gasteiger partial charge on any atom is -0.396 e. The number of aliphatic hydroxyl groups excluding tert-OH is 3. The number of aliphatic hydroxyl groups is 3. The smallest absolute Gasteiger partial charge is 0.0596 e. The van der Waals surface area contributed by atoms with Gasteiger partial charge in [-0.25, -0.2) is 0 Å². The second-order valence-corrected chi connectivity index (χ2v) is 9.11. The molecule has 4 aliphatic carbocycles. The maximum Gasteiger partial charge on any atom is 0.0596 e. The maximum absolute atomic E-state index is 10.5. The van der Waals surface area contributed by atoms with Crippen molar-refractivity contribution >= 4 is 0 Å². The van der Waals surface area contributed by atoms with Gasteiger partial charge in [0, 0.05) is 6.61 Å². The van der Waals surface area contributed by atoms with Crippen LogP contribution in [0.25, 0.3) is 0 Å². The van der Waals surface area contributed by atoms with Gasteiger partial charge in [-0.2, -0.15) is 0 Å². The summed E-state index contributed by atoms with van der Waals surface area (Å²) in [4.78, 5) is 0. The van der Waals surface area contributed by atoms with Crippen molar-refractivity contribution in [1.29, 1.82) is 0 Å². The molecular formula is C19H32O3. The van der Waals surface area contributed by atoms with Gasteiger partial charge in [-0.1, -0.05) is 6.92 Å². The van der Waals surface area contributed by atoms with Crippen LogP contribution >= 0.6 is 0 Å². The van der Waals surface area contributed by atoms with E-state index in [0.29, 0.717) is 30.3 Å². The fraction of sp³-hybridized carbons (Fsp3) is 1.00. The molecule has 126 valence electrons. The predicted molar refractivity (Wildman–Crippen MR) is 85.2 cm³/mol. The third-order valence-electron chi connectivity index (χ3n) is 8.58. The Labute approximate surface area is 134 Å². The minimum atomic E-state index is -0.150. The summed E-state index contributed by atoms with van der Waals surface area (Å²) < 4.78 is 0. The quantitative estimate of drug-likeness (QED) is 0.698. The van der Waals surface area contributed by atoms with Crippen molar-refractivity contribution < 1.29 is 15.3 Å². The molecule has 0 aromatic rings. The number of fused-ring (bicyclic) bond motifs is 5. The van der Waals surface area contributed by atoms with Crippen molar-refractivity contribution in [1.82, 2.24) is 0 Å². The van der Waals surface area contributed by atoms with Gasteiger partial charge in [-0.05, 0) is 92.3 Å². The van der Waals surface area contributed by atoms with Gasteiger partial charge in [0.25, 0.3) is 0 Å². The summed E-state index contributed by atoms with van der Waals surface area (Å²) in [6.45, 7) is 2.62. The molecule has 4 aliphatic rings. The Morgan fingerprint density at radius 1 is 0.909 bits per heavy atom. The summed E-state index contributed by atoms with van der Waals surface area (Å²) in [5.74, 6) is 2.47. The van der Waals surface area contributed by atoms with Crippen LogP contribution in [0.15, 0.2) is 0 Å². The maximum atomic E-state index is 10.5. The van der Waals surface area contributed by atoms with Crippen molar-refractivity contribution in [2.45, 2.75) is 76.9 Å². The summed E-state index contributed by atoms with van der Waals surface area (Å²) >= 11 is 0. The summed E-state index contributed by atoms with van der Waals surface area (Å²) in [5.41, 5.74) is 0.190. The van der Waals surface area contributed by atoms with Gasteiger partial charge in [0.2, 0.25) is 0 Å². The lowest BCUT2D eigenvalue weighted by Crippen LogP contribution is -2.57. The molecule has 4 saturated carbocycles. The summed E-state index contributed by atoms with van der Waals surface area (Å²) in [6, 6.07) is 0. The lowest BCUT2D eigenvalue weighted by atomic mass is 9.44. The molecule has 4 fully saturated rings. The van der Waals surface area contributed by atoms with Crippen LogP contribution < -0.4 is 0 Å². The lowest BCUT2D eigenvalue weighted by Gasteiger charge is -2.61. The Hall–Kier alpha value is -0.120. The van der Waals surface area contributed by atoms with Crippen LogP contribution in [0.2, 0.25) is 0 Å². The van der Waals surface area contributed by atoms with E-state index in [-0.39, 0.29) is 23.0 Å². The Kier molecular flexibility index (Phi) is 3.63. The van der Waals surface area contributed by atoms with Crippen molar-refractivity contribution in [2.24, 2.45) is 34.5 Å². The van der Waals surface area contributed by atoms with Crippen LogP contribution in [0.1, 0.15) is 64.7 Å². The van der Waals surface area contributed by atoms with Crippen molar-refractivity contribution in [2.75, 3.05) is 6.61 Å². The molecule has 0 radical (unpaired) electrons. The van der Waals surface area contributed by atoms with Crippen LogP contribution in [0, 0.1) is 34.5 Å². The van der Waals surface area contributed by atoms with E-state index in [9.17, 15) is 15.3 Å². The number of hydrogen-bond acceptors (Lipinski definition) is 3. The molecule has 3 nitrogen and oxygen atoms in total. The highest BCUT2D eigenvalue weighted by Crippen LogP contribution is 2.66. The molecule has 0 aliphatic heterocycles. The number of rotatable bonds is 1. The first-order valence-corrected chi connectivity index (χ1v) is 9.48. The van der Waals surface area contributed by atoms with Crippen molar-refractivity contribution in [3.63, 3.8) is 0 Å². The van der Waals surface area contributed by atoms with E-state index < -0.39 is 0 Å². The lowest BCUT2D eigenvalue weighted by molar-refractivity contribution is -0.158. The number of hydrogen-bond donors (Lipinski definition) is 3. The standard InChI is InChI=1S/C19H32O3/c1-18-8-7-16-14(15(18)4-5-17(18)22)3-2-12-10-13(21)6-9-19(12,16)11-20/h12-17,20-22H,2-11H2,1H3/t12-,13-,14-,15-,16-,17-,18-,19+/m0/s1. The van der Waals surface area contributed by atoms with Gasteiger partial charge < -0.3 is 15.3 Å². The van der Waals surface area contributed by atoms with E-state index in [1.807, 2.05) is 0 Å². The van der Waals surface area contributed by atoms with Crippen molar-refractivity contribution in [3.8, 4) is 0 Å². The summed E-state index contributed by atoms with van der Waals surface area (Å²) in [5, 5.41) is 30.9. The Bertz CT molecular complexity index is 438. The molecule has 0 unspecified atom stereocenters. The van der Waals surface area contributed by atoms with Crippen LogP contribution in [0.3, 0.4) is 0 Å². The fourth-order valence-corrected chi connectivity index (χ4v) is 7.31. The summed E-state index contributed by atoms with van der Waals surface area (Å²) in [6.07, 6.45) is 9.35. The first kappa shape index (κ1) is 15.4. The van der Waals surface area contributed by atoms with Crippen LogP contribution in [-0.2, 0) is 0 Å². The topological polar surface area (TPSA) is 60.7 Å². The van der Waals surface area contributed by atoms with E-state index in [0.717, 1.165) is 32.1 Å². The van der Waals surface area contributed by atoms with E-state index in [2.05, 4.69) is 6.92 Å². The molecule has 4 rings (SSSR count). The highest BCUT2D eigenvalue weighted by Gasteiger charge is 2.61. The molecule has 0 aromatic carbocycles. The average Bonchev–Trinajstić information content (AvgIpc) is 2.82. The van der Waals surface area contributed by atoms with Crippen LogP contribution in [0.5, 0.6) is 0 Å². The molecule has 8 atom stereocenters. The van der Waals surface area contributed by atoms with Gasteiger partial charge in [0.1, 0.15) is 0 Å². The zero-order valence-electron chi connectivity index (χ0n) is 13.9. The molecule has 0 heterocycles. The molecule has 0 saturated heterocycles. The van der Waals surface area contributed by atoms with Gasteiger partial charge in [-0.3, -0.25) is 0 Å². The van der Waals surface area contributed by atoms with Gasteiger partial charge in [-0.15, -0.1) is 0 Å². The largest absolute Gasteiger partial charge is 0.396 e. The first-order valence-electron chi connectivity index (χ1n) is 9.48. The molecular weight excluding hydrogens is 276 g/mol. The highest BCUT2D eigenvalue weighted by atomic mass is 16.3. The monoisotopic (exact) mass is 308 g/mol. The van der Waals surface area contributed by atoms with Crippen LogP contribution in [0.4, 0.5) is 0 Å². The Morgan fingerprint density at radius 3 is 2.50 bits per heavy atom. The molecule has 3 heteroatoms. The van der Waals surface area contributed by atoms with E-state index in [4.69, 9.17) is 0 Å². The zero-order valence-corrected chi connectivity index (χ0v) is 13.9. The van der Waals surface area contributed by atoms with Gasteiger partial charge >= 0.3 is 0 Å². The second-order valence-electron chi connectivity index (χ2n) is 9.11. The Morgan fingerprint density at radius 2 is 1.73 bits per heavy atom. The molecule has 0 bridgehead atoms. The normalized spacial score (nSPS) is 57.8. The van der Waals surface area contributed by atoms with E-state index >= 15 is 0 Å². The minimum absolute atomic E-state index is 0.0665. The molecule has 0 spiro atoms. The SMILES string of the molecule is C[C@]12CC[C@H]3[C@@H](CC[C@H]4C[C@@H](O)CC[C@@]43CO)[C@@H]1CC[C@@H]2O. The zero-order chi connectivity index (χ0) is 15.5. The first-order chi connectivity index (χ1) is 10.5. The fourth-order valence-electron chi connectivity index (χ4n) is 7.31. The van der Waals surface area contributed by atoms with E-state index in [1.165, 1.54) is 25.7 Å². The summed E-state index contributed by atoms with van der Waals surface area (Å²) in [7, 11) is 0. The second kappa shape index (κ2) is 5.19. The average molecular weight is 308 g/mol. The molecule has 0 amide bonds. The van der Waals surface area contributed by atoms with Crippen LogP contribution in [-0.4, -0.2) is 34.1 Å². The molecule has 3 N–H and O–H groups in total. The highest BCUT2D eigenvalue weighted by molar-refractivity contribution is 5.10. The predicted octanol–water partition coefficient (Wildman–Crippen LogP) is 2.72. The third-order valence-corrected chi connectivity index (χ3v) is 8.58.